The molecule has 1 heterocycles. The summed E-state index contributed by atoms with van der Waals surface area (Å²) in [6, 6.07) is 24.0. The molecule has 0 radical (unpaired) electrons. The van der Waals surface area contributed by atoms with Gasteiger partial charge in [-0.3, -0.25) is 9.69 Å². The monoisotopic (exact) mass is 477 g/mol. The standard InChI is InChI=1S/C25H23N3O3S2/c29-24(19-9-6-10-21(17-19)33(30,31)27-20-13-14-20)28(16-15-18-7-2-1-3-8-18)25-26-22-11-4-5-12-23(22)32-25/h1-12,17,20,27H,13-16H2. The molecule has 1 N–H and O–H groups in total. The third-order valence-electron chi connectivity index (χ3n) is 5.52. The maximum absolute atomic E-state index is 13.6. The Morgan fingerprint density at radius 1 is 1.00 bits per heavy atom. The average Bonchev–Trinajstić information content (AvgIpc) is 3.53. The Morgan fingerprint density at radius 3 is 2.52 bits per heavy atom. The fraction of sp³-hybridized carbons (Fsp3) is 0.200. The van der Waals surface area contributed by atoms with Gasteiger partial charge in [0.15, 0.2) is 5.13 Å². The number of hydrogen-bond donors (Lipinski definition) is 1. The molecule has 8 heteroatoms. The Morgan fingerprint density at radius 2 is 1.76 bits per heavy atom. The number of para-hydroxylation sites is 1. The molecule has 1 aliphatic carbocycles. The Balaban J connectivity index is 1.47. The number of amides is 1. The van der Waals surface area contributed by atoms with E-state index >= 15 is 0 Å². The summed E-state index contributed by atoms with van der Waals surface area (Å²) in [5.41, 5.74) is 2.27. The maximum atomic E-state index is 13.6. The molecule has 0 spiro atoms. The Bertz CT molecular complexity index is 1360. The third kappa shape index (κ3) is 4.98. The first kappa shape index (κ1) is 21.8. The van der Waals surface area contributed by atoms with Gasteiger partial charge in [0.2, 0.25) is 10.0 Å². The number of carbonyl (C=O) groups excluding carboxylic acids is 1. The number of nitrogens with zero attached hydrogens (tertiary/aromatic N) is 2. The summed E-state index contributed by atoms with van der Waals surface area (Å²) in [5, 5.41) is 0.599. The molecule has 0 bridgehead atoms. The molecule has 1 aromatic heterocycles. The van der Waals surface area contributed by atoms with Gasteiger partial charge in [0, 0.05) is 18.2 Å². The normalized spacial score (nSPS) is 13.8. The minimum atomic E-state index is -3.65. The fourth-order valence-electron chi connectivity index (χ4n) is 3.59. The van der Waals surface area contributed by atoms with Crippen LogP contribution in [0.25, 0.3) is 10.2 Å². The van der Waals surface area contributed by atoms with Crippen LogP contribution in [-0.4, -0.2) is 31.9 Å². The molecule has 5 rings (SSSR count). The summed E-state index contributed by atoms with van der Waals surface area (Å²) in [7, 11) is -3.65. The van der Waals surface area contributed by atoms with E-state index in [0.29, 0.717) is 23.7 Å². The van der Waals surface area contributed by atoms with Gasteiger partial charge in [-0.25, -0.2) is 18.1 Å². The van der Waals surface area contributed by atoms with E-state index in [-0.39, 0.29) is 16.8 Å². The number of benzene rings is 3. The first-order valence-corrected chi connectivity index (χ1v) is 13.1. The lowest BCUT2D eigenvalue weighted by molar-refractivity contribution is 0.0987. The van der Waals surface area contributed by atoms with Crippen LogP contribution >= 0.6 is 11.3 Å². The van der Waals surface area contributed by atoms with Crippen LogP contribution in [0.2, 0.25) is 0 Å². The van der Waals surface area contributed by atoms with Crippen LogP contribution in [0, 0.1) is 0 Å². The summed E-state index contributed by atoms with van der Waals surface area (Å²) in [5.74, 6) is -0.270. The van der Waals surface area contributed by atoms with Crippen LogP contribution in [0.3, 0.4) is 0 Å². The molecule has 6 nitrogen and oxygen atoms in total. The molecule has 1 fully saturated rings. The topological polar surface area (TPSA) is 79.4 Å². The number of sulfonamides is 1. The fourth-order valence-corrected chi connectivity index (χ4v) is 5.93. The molecule has 1 saturated carbocycles. The summed E-state index contributed by atoms with van der Waals surface area (Å²) in [6.07, 6.45) is 2.36. The molecule has 0 atom stereocenters. The van der Waals surface area contributed by atoms with Crippen molar-refractivity contribution >= 4 is 42.6 Å². The number of aromatic nitrogens is 1. The van der Waals surface area contributed by atoms with Crippen LogP contribution in [-0.2, 0) is 16.4 Å². The summed E-state index contributed by atoms with van der Waals surface area (Å²) in [4.78, 5) is 20.1. The van der Waals surface area contributed by atoms with E-state index in [4.69, 9.17) is 0 Å². The van der Waals surface area contributed by atoms with Crippen molar-refractivity contribution in [2.45, 2.75) is 30.2 Å². The molecule has 1 aliphatic rings. The van der Waals surface area contributed by atoms with E-state index in [1.807, 2.05) is 54.6 Å². The van der Waals surface area contributed by atoms with Gasteiger partial charge in [-0.15, -0.1) is 0 Å². The quantitative estimate of drug-likeness (QED) is 0.401. The number of rotatable bonds is 8. The molecule has 0 aliphatic heterocycles. The smallest absolute Gasteiger partial charge is 0.260 e. The summed E-state index contributed by atoms with van der Waals surface area (Å²) in [6.45, 7) is 0.431. The van der Waals surface area contributed by atoms with Gasteiger partial charge in [-0.2, -0.15) is 0 Å². The molecule has 1 amide bonds. The molecular weight excluding hydrogens is 454 g/mol. The lowest BCUT2D eigenvalue weighted by Gasteiger charge is -2.20. The van der Waals surface area contributed by atoms with Gasteiger partial charge < -0.3 is 0 Å². The molecular formula is C25H23N3O3S2. The van der Waals surface area contributed by atoms with Crippen LogP contribution in [0.1, 0.15) is 28.8 Å². The zero-order chi connectivity index (χ0) is 22.8. The highest BCUT2D eigenvalue weighted by molar-refractivity contribution is 7.89. The van der Waals surface area contributed by atoms with E-state index in [1.54, 1.807) is 17.0 Å². The van der Waals surface area contributed by atoms with E-state index in [2.05, 4.69) is 9.71 Å². The Kier molecular flexibility index (Phi) is 5.97. The van der Waals surface area contributed by atoms with Crippen molar-refractivity contribution < 1.29 is 13.2 Å². The second kappa shape index (κ2) is 9.05. The van der Waals surface area contributed by atoms with Crippen molar-refractivity contribution in [3.05, 3.63) is 90.0 Å². The molecule has 168 valence electrons. The van der Waals surface area contributed by atoms with E-state index < -0.39 is 10.0 Å². The number of hydrogen-bond acceptors (Lipinski definition) is 5. The lowest BCUT2D eigenvalue weighted by atomic mass is 10.1. The second-order valence-corrected chi connectivity index (χ2v) is 10.8. The van der Waals surface area contributed by atoms with Gasteiger partial charge in [0.25, 0.3) is 5.91 Å². The van der Waals surface area contributed by atoms with E-state index in [0.717, 1.165) is 28.6 Å². The summed E-state index contributed by atoms with van der Waals surface area (Å²) < 4.78 is 29.0. The second-order valence-electron chi connectivity index (χ2n) is 8.08. The zero-order valence-corrected chi connectivity index (χ0v) is 19.5. The minimum Gasteiger partial charge on any atom is -0.284 e. The van der Waals surface area contributed by atoms with Crippen LogP contribution in [0.5, 0.6) is 0 Å². The number of fused-ring (bicyclic) bond motifs is 1. The highest BCUT2D eigenvalue weighted by Gasteiger charge is 2.29. The lowest BCUT2D eigenvalue weighted by Crippen LogP contribution is -2.33. The Labute approximate surface area is 197 Å². The molecule has 0 saturated heterocycles. The zero-order valence-electron chi connectivity index (χ0n) is 17.8. The highest BCUT2D eigenvalue weighted by Crippen LogP contribution is 2.30. The first-order chi connectivity index (χ1) is 16.0. The molecule has 33 heavy (non-hydrogen) atoms. The maximum Gasteiger partial charge on any atom is 0.260 e. The predicted molar refractivity (Wildman–Crippen MR) is 131 cm³/mol. The summed E-state index contributed by atoms with van der Waals surface area (Å²) >= 11 is 1.45. The highest BCUT2D eigenvalue weighted by atomic mass is 32.2. The SMILES string of the molecule is O=C(c1cccc(S(=O)(=O)NC2CC2)c1)N(CCc1ccccc1)c1nc2ccccc2s1. The predicted octanol–water partition coefficient (Wildman–Crippen LogP) is 4.63. The van der Waals surface area contributed by atoms with Crippen molar-refractivity contribution in [3.8, 4) is 0 Å². The van der Waals surface area contributed by atoms with E-state index in [9.17, 15) is 13.2 Å². The van der Waals surface area contributed by atoms with Crippen molar-refractivity contribution in [2.75, 3.05) is 11.4 Å². The van der Waals surface area contributed by atoms with Crippen molar-refractivity contribution in [2.24, 2.45) is 0 Å². The third-order valence-corrected chi connectivity index (χ3v) is 8.09. The molecule has 3 aromatic carbocycles. The van der Waals surface area contributed by atoms with Crippen LogP contribution in [0.4, 0.5) is 5.13 Å². The van der Waals surface area contributed by atoms with E-state index in [1.165, 1.54) is 23.5 Å². The van der Waals surface area contributed by atoms with Gasteiger partial charge in [-0.05, 0) is 55.2 Å². The number of carbonyl (C=O) groups is 1. The van der Waals surface area contributed by atoms with Gasteiger partial charge in [-0.1, -0.05) is 59.9 Å². The largest absolute Gasteiger partial charge is 0.284 e. The van der Waals surface area contributed by atoms with Crippen LogP contribution in [0.15, 0.2) is 83.8 Å². The number of nitrogens with one attached hydrogen (secondary N) is 1. The number of thiazole rings is 1. The van der Waals surface area contributed by atoms with Crippen molar-refractivity contribution in [3.63, 3.8) is 0 Å². The Hall–Kier alpha value is -3.07. The van der Waals surface area contributed by atoms with Crippen LogP contribution < -0.4 is 9.62 Å². The van der Waals surface area contributed by atoms with Gasteiger partial charge >= 0.3 is 0 Å². The molecule has 4 aromatic rings. The van der Waals surface area contributed by atoms with Gasteiger partial charge in [0.1, 0.15) is 0 Å². The average molecular weight is 478 g/mol. The van der Waals surface area contributed by atoms with Crippen molar-refractivity contribution in [1.82, 2.24) is 9.71 Å². The van der Waals surface area contributed by atoms with Crippen molar-refractivity contribution in [1.29, 1.82) is 0 Å². The minimum absolute atomic E-state index is 0.000484. The molecule has 0 unspecified atom stereocenters. The number of anilines is 1. The van der Waals surface area contributed by atoms with Gasteiger partial charge in [0.05, 0.1) is 15.1 Å². The first-order valence-electron chi connectivity index (χ1n) is 10.8.